The predicted molar refractivity (Wildman–Crippen MR) is 98.1 cm³/mol. The van der Waals surface area contributed by atoms with Crippen molar-refractivity contribution in [2.75, 3.05) is 7.05 Å². The summed E-state index contributed by atoms with van der Waals surface area (Å²) in [6.07, 6.45) is -0.212. The van der Waals surface area contributed by atoms with E-state index in [1.165, 1.54) is 7.05 Å². The van der Waals surface area contributed by atoms with E-state index in [0.717, 1.165) is 0 Å². The van der Waals surface area contributed by atoms with Crippen LogP contribution in [-0.4, -0.2) is 42.6 Å². The normalized spacial score (nSPS) is 14.5. The van der Waals surface area contributed by atoms with Crippen molar-refractivity contribution in [3.63, 3.8) is 0 Å². The first-order valence-corrected chi connectivity index (χ1v) is 8.69. The number of likely N-dealkylation sites (N-methyl/N-ethyl adjacent to an activating group) is 1. The minimum absolute atomic E-state index is 0.179. The Morgan fingerprint density at radius 2 is 1.44 bits per heavy atom. The second kappa shape index (κ2) is 9.06. The zero-order valence-corrected chi connectivity index (χ0v) is 17.1. The molecule has 0 aromatic heterocycles. The lowest BCUT2D eigenvalue weighted by Gasteiger charge is -2.32. The Hall–Kier alpha value is -1.79. The van der Waals surface area contributed by atoms with Gasteiger partial charge in [0.2, 0.25) is 11.8 Å². The van der Waals surface area contributed by atoms with Crippen LogP contribution in [0.4, 0.5) is 4.79 Å². The largest absolute Gasteiger partial charge is 0.444 e. The van der Waals surface area contributed by atoms with Crippen LogP contribution >= 0.6 is 0 Å². The molecular formula is C18H35N3O4. The van der Waals surface area contributed by atoms with E-state index in [9.17, 15) is 14.4 Å². The van der Waals surface area contributed by atoms with E-state index in [4.69, 9.17) is 4.74 Å². The third-order valence-electron chi connectivity index (χ3n) is 3.38. The second-order valence-corrected chi connectivity index (χ2v) is 8.75. The summed E-state index contributed by atoms with van der Waals surface area (Å²) in [4.78, 5) is 36.8. The van der Waals surface area contributed by atoms with Crippen LogP contribution in [-0.2, 0) is 14.3 Å². The van der Waals surface area contributed by atoms with E-state index in [-0.39, 0.29) is 11.8 Å². The van der Waals surface area contributed by atoms with Gasteiger partial charge < -0.3 is 20.7 Å². The number of alkyl carbamates (subject to hydrolysis) is 1. The number of amides is 3. The molecule has 0 aliphatic carbocycles. The first-order chi connectivity index (χ1) is 11.2. The van der Waals surface area contributed by atoms with Gasteiger partial charge in [-0.3, -0.25) is 9.59 Å². The summed E-state index contributed by atoms with van der Waals surface area (Å²) in [6, 6.07) is -1.48. The standard InChI is InChI=1S/C18H35N3O4/c1-11(2)10-12(20-16(24)25-18(6,7)8)14(22)21-13(15(23)19-9)17(3,4)5/h11-13H,10H2,1-9H3,(H,19,23)(H,20,24)(H,21,22)/t12-,13+/m0/s1. The van der Waals surface area contributed by atoms with E-state index in [2.05, 4.69) is 16.0 Å². The lowest BCUT2D eigenvalue weighted by atomic mass is 9.85. The fourth-order valence-corrected chi connectivity index (χ4v) is 2.22. The summed E-state index contributed by atoms with van der Waals surface area (Å²) in [5.74, 6) is -0.497. The molecule has 0 spiro atoms. The Labute approximate surface area is 151 Å². The van der Waals surface area contributed by atoms with Gasteiger partial charge in [0.05, 0.1) is 0 Å². The molecule has 0 unspecified atom stereocenters. The number of carbonyl (C=O) groups excluding carboxylic acids is 3. The van der Waals surface area contributed by atoms with E-state index in [1.54, 1.807) is 20.8 Å². The molecule has 2 atom stereocenters. The maximum atomic E-state index is 12.7. The van der Waals surface area contributed by atoms with E-state index < -0.39 is 35.1 Å². The Kier molecular flexibility index (Phi) is 8.41. The summed E-state index contributed by atoms with van der Waals surface area (Å²) in [7, 11) is 1.53. The van der Waals surface area contributed by atoms with Gasteiger partial charge in [0.1, 0.15) is 17.7 Å². The summed E-state index contributed by atoms with van der Waals surface area (Å²) < 4.78 is 5.23. The van der Waals surface area contributed by atoms with Gasteiger partial charge in [-0.05, 0) is 38.5 Å². The van der Waals surface area contributed by atoms with E-state index in [1.807, 2.05) is 34.6 Å². The van der Waals surface area contributed by atoms with Crippen molar-refractivity contribution >= 4 is 17.9 Å². The van der Waals surface area contributed by atoms with E-state index in [0.29, 0.717) is 6.42 Å². The zero-order valence-electron chi connectivity index (χ0n) is 17.1. The molecular weight excluding hydrogens is 322 g/mol. The minimum Gasteiger partial charge on any atom is -0.444 e. The molecule has 0 aromatic carbocycles. The van der Waals surface area contributed by atoms with Crippen molar-refractivity contribution in [1.29, 1.82) is 0 Å². The van der Waals surface area contributed by atoms with Gasteiger partial charge in [-0.2, -0.15) is 0 Å². The van der Waals surface area contributed by atoms with Crippen LogP contribution in [0.5, 0.6) is 0 Å². The average Bonchev–Trinajstić information content (AvgIpc) is 2.39. The third kappa shape index (κ3) is 9.31. The molecule has 0 aliphatic rings. The molecule has 0 fully saturated rings. The van der Waals surface area contributed by atoms with Crippen LogP contribution in [0.25, 0.3) is 0 Å². The van der Waals surface area contributed by atoms with Crippen molar-refractivity contribution in [3.8, 4) is 0 Å². The predicted octanol–water partition coefficient (Wildman–Crippen LogP) is 2.20. The third-order valence-corrected chi connectivity index (χ3v) is 3.38. The number of nitrogens with one attached hydrogen (secondary N) is 3. The molecule has 146 valence electrons. The second-order valence-electron chi connectivity index (χ2n) is 8.75. The number of hydrogen-bond acceptors (Lipinski definition) is 4. The first-order valence-electron chi connectivity index (χ1n) is 8.69. The van der Waals surface area contributed by atoms with Crippen molar-refractivity contribution < 1.29 is 19.1 Å². The highest BCUT2D eigenvalue weighted by Gasteiger charge is 2.34. The van der Waals surface area contributed by atoms with Gasteiger partial charge in [0.15, 0.2) is 0 Å². The van der Waals surface area contributed by atoms with Crippen LogP contribution < -0.4 is 16.0 Å². The van der Waals surface area contributed by atoms with Crippen LogP contribution in [0.1, 0.15) is 61.8 Å². The molecule has 3 amide bonds. The highest BCUT2D eigenvalue weighted by atomic mass is 16.6. The highest BCUT2D eigenvalue weighted by Crippen LogP contribution is 2.20. The average molecular weight is 357 g/mol. The van der Waals surface area contributed by atoms with Crippen molar-refractivity contribution in [1.82, 2.24) is 16.0 Å². The van der Waals surface area contributed by atoms with Gasteiger partial charge in [-0.1, -0.05) is 34.6 Å². The Balaban J connectivity index is 5.22. The van der Waals surface area contributed by atoms with Gasteiger partial charge in [0.25, 0.3) is 0 Å². The molecule has 0 heterocycles. The molecule has 7 nitrogen and oxygen atoms in total. The van der Waals surface area contributed by atoms with Crippen LogP contribution in [0, 0.1) is 11.3 Å². The van der Waals surface area contributed by atoms with Gasteiger partial charge >= 0.3 is 6.09 Å². The molecule has 0 saturated carbocycles. The lowest BCUT2D eigenvalue weighted by Crippen LogP contribution is -2.58. The molecule has 0 aromatic rings. The summed E-state index contributed by atoms with van der Waals surface area (Å²) >= 11 is 0. The summed E-state index contributed by atoms with van der Waals surface area (Å²) in [5.41, 5.74) is -1.12. The van der Waals surface area contributed by atoms with Crippen LogP contribution in [0.15, 0.2) is 0 Å². The topological polar surface area (TPSA) is 96.5 Å². The number of ether oxygens (including phenoxy) is 1. The Morgan fingerprint density at radius 3 is 1.80 bits per heavy atom. The lowest BCUT2D eigenvalue weighted by molar-refractivity contribution is -0.132. The fraction of sp³-hybridized carbons (Fsp3) is 0.833. The van der Waals surface area contributed by atoms with Crippen molar-refractivity contribution in [2.45, 2.75) is 79.5 Å². The molecule has 7 heteroatoms. The van der Waals surface area contributed by atoms with Gasteiger partial charge in [-0.15, -0.1) is 0 Å². The summed E-state index contributed by atoms with van der Waals surface area (Å²) in [5, 5.41) is 7.94. The molecule has 0 aliphatic heterocycles. The minimum atomic E-state index is -0.774. The summed E-state index contributed by atoms with van der Waals surface area (Å²) in [6.45, 7) is 14.8. The van der Waals surface area contributed by atoms with E-state index >= 15 is 0 Å². The van der Waals surface area contributed by atoms with Crippen molar-refractivity contribution in [2.24, 2.45) is 11.3 Å². The van der Waals surface area contributed by atoms with Crippen LogP contribution in [0.3, 0.4) is 0 Å². The number of carbonyl (C=O) groups is 3. The number of rotatable bonds is 6. The fourth-order valence-electron chi connectivity index (χ4n) is 2.22. The molecule has 0 saturated heterocycles. The molecule has 3 N–H and O–H groups in total. The first kappa shape index (κ1) is 23.2. The SMILES string of the molecule is CNC(=O)[C@@H](NC(=O)[C@H](CC(C)C)NC(=O)OC(C)(C)C)C(C)(C)C. The molecule has 25 heavy (non-hydrogen) atoms. The Morgan fingerprint density at radius 1 is 0.920 bits per heavy atom. The van der Waals surface area contributed by atoms with Crippen molar-refractivity contribution in [3.05, 3.63) is 0 Å². The van der Waals surface area contributed by atoms with Gasteiger partial charge in [-0.25, -0.2) is 4.79 Å². The zero-order chi connectivity index (χ0) is 20.0. The Bertz CT molecular complexity index is 476. The molecule has 0 radical (unpaired) electrons. The smallest absolute Gasteiger partial charge is 0.408 e. The quantitative estimate of drug-likeness (QED) is 0.679. The maximum absolute atomic E-state index is 12.7. The number of hydrogen-bond donors (Lipinski definition) is 3. The van der Waals surface area contributed by atoms with Crippen LogP contribution in [0.2, 0.25) is 0 Å². The maximum Gasteiger partial charge on any atom is 0.408 e. The molecule has 0 rings (SSSR count). The van der Waals surface area contributed by atoms with Gasteiger partial charge in [0, 0.05) is 7.05 Å². The highest BCUT2D eigenvalue weighted by molar-refractivity contribution is 5.91. The molecule has 0 bridgehead atoms. The monoisotopic (exact) mass is 357 g/mol.